The number of anilines is 1. The minimum absolute atomic E-state index is 0.0169. The summed E-state index contributed by atoms with van der Waals surface area (Å²) in [6.45, 7) is 2.47. The first-order valence-corrected chi connectivity index (χ1v) is 4.45. The van der Waals surface area contributed by atoms with E-state index in [0.29, 0.717) is 13.0 Å². The Kier molecular flexibility index (Phi) is 3.84. The number of hydrogen-bond donors (Lipinski definition) is 2. The highest BCUT2D eigenvalue weighted by molar-refractivity contribution is 5.75. The summed E-state index contributed by atoms with van der Waals surface area (Å²) in [7, 11) is 1.62. The van der Waals surface area contributed by atoms with Crippen LogP contribution in [0.4, 0.5) is 5.82 Å². The van der Waals surface area contributed by atoms with Crippen LogP contribution in [0.5, 0.6) is 0 Å². The molecule has 0 bridgehead atoms. The first-order chi connectivity index (χ1) is 6.72. The molecule has 0 fully saturated rings. The molecular weight excluding hydrogens is 180 g/mol. The van der Waals surface area contributed by atoms with Crippen molar-refractivity contribution in [1.82, 2.24) is 15.3 Å². The Bertz CT molecular complexity index is 313. The Labute approximate surface area is 83.0 Å². The van der Waals surface area contributed by atoms with Crippen molar-refractivity contribution >= 4 is 11.7 Å². The fourth-order valence-corrected chi connectivity index (χ4v) is 0.980. The molecule has 1 heterocycles. The zero-order valence-electron chi connectivity index (χ0n) is 8.37. The fraction of sp³-hybridized carbons (Fsp3) is 0.444. The second-order valence-electron chi connectivity index (χ2n) is 2.89. The van der Waals surface area contributed by atoms with Gasteiger partial charge in [-0.2, -0.15) is 0 Å². The number of carbonyl (C=O) groups is 1. The molecule has 14 heavy (non-hydrogen) atoms. The van der Waals surface area contributed by atoms with E-state index in [-0.39, 0.29) is 5.91 Å². The van der Waals surface area contributed by atoms with Gasteiger partial charge >= 0.3 is 0 Å². The van der Waals surface area contributed by atoms with Crippen molar-refractivity contribution in [1.29, 1.82) is 0 Å². The molecule has 76 valence electrons. The summed E-state index contributed by atoms with van der Waals surface area (Å²) in [5, 5.41) is 5.59. The van der Waals surface area contributed by atoms with Crippen LogP contribution in [0.15, 0.2) is 12.4 Å². The molecule has 0 aromatic carbocycles. The largest absolute Gasteiger partial charge is 0.369 e. The van der Waals surface area contributed by atoms with E-state index in [9.17, 15) is 4.79 Å². The zero-order valence-corrected chi connectivity index (χ0v) is 8.37. The van der Waals surface area contributed by atoms with Gasteiger partial charge < -0.3 is 10.6 Å². The van der Waals surface area contributed by atoms with Gasteiger partial charge in [0.25, 0.3) is 0 Å². The van der Waals surface area contributed by atoms with Crippen molar-refractivity contribution in [3.63, 3.8) is 0 Å². The number of amides is 1. The molecule has 1 aromatic rings. The number of aryl methyl sites for hydroxylation is 1. The van der Waals surface area contributed by atoms with Gasteiger partial charge in [-0.3, -0.25) is 4.79 Å². The maximum Gasteiger partial charge on any atom is 0.221 e. The Morgan fingerprint density at radius 1 is 1.50 bits per heavy atom. The van der Waals surface area contributed by atoms with E-state index >= 15 is 0 Å². The number of carbonyl (C=O) groups excluding carboxylic acids is 1. The first-order valence-electron chi connectivity index (χ1n) is 4.45. The molecule has 0 aliphatic heterocycles. The lowest BCUT2D eigenvalue weighted by molar-refractivity contribution is -0.120. The SMILES string of the molecule is CNC(=O)CCNc1cc(C)ncn1. The Morgan fingerprint density at radius 3 is 2.93 bits per heavy atom. The summed E-state index contributed by atoms with van der Waals surface area (Å²) >= 11 is 0. The van der Waals surface area contributed by atoms with E-state index in [1.54, 1.807) is 7.05 Å². The van der Waals surface area contributed by atoms with Crippen LogP contribution in [0.25, 0.3) is 0 Å². The summed E-state index contributed by atoms with van der Waals surface area (Å²) in [6.07, 6.45) is 1.94. The predicted molar refractivity (Wildman–Crippen MR) is 53.9 cm³/mol. The molecule has 1 aromatic heterocycles. The lowest BCUT2D eigenvalue weighted by Gasteiger charge is -2.04. The maximum absolute atomic E-state index is 10.9. The van der Waals surface area contributed by atoms with Gasteiger partial charge in [-0.1, -0.05) is 0 Å². The highest BCUT2D eigenvalue weighted by Gasteiger charge is 1.98. The van der Waals surface area contributed by atoms with Gasteiger partial charge in [0.2, 0.25) is 5.91 Å². The molecule has 1 rings (SSSR count). The van der Waals surface area contributed by atoms with Crippen LogP contribution in [0.3, 0.4) is 0 Å². The quantitative estimate of drug-likeness (QED) is 0.725. The molecule has 2 N–H and O–H groups in total. The normalized spacial score (nSPS) is 9.57. The highest BCUT2D eigenvalue weighted by atomic mass is 16.1. The van der Waals surface area contributed by atoms with E-state index in [2.05, 4.69) is 20.6 Å². The third kappa shape index (κ3) is 3.38. The lowest BCUT2D eigenvalue weighted by Crippen LogP contribution is -2.21. The summed E-state index contributed by atoms with van der Waals surface area (Å²) < 4.78 is 0. The Morgan fingerprint density at radius 2 is 2.29 bits per heavy atom. The molecule has 5 heteroatoms. The number of hydrogen-bond acceptors (Lipinski definition) is 4. The minimum atomic E-state index is 0.0169. The number of aromatic nitrogens is 2. The predicted octanol–water partition coefficient (Wildman–Crippen LogP) is 0.333. The monoisotopic (exact) mass is 194 g/mol. The molecule has 0 aliphatic rings. The highest BCUT2D eigenvalue weighted by Crippen LogP contribution is 2.01. The minimum Gasteiger partial charge on any atom is -0.369 e. The molecule has 5 nitrogen and oxygen atoms in total. The van der Waals surface area contributed by atoms with Crippen molar-refractivity contribution in [3.05, 3.63) is 18.1 Å². The van der Waals surface area contributed by atoms with Gasteiger partial charge in [0.05, 0.1) is 0 Å². The molecule has 0 saturated heterocycles. The second-order valence-corrected chi connectivity index (χ2v) is 2.89. The van der Waals surface area contributed by atoms with Crippen molar-refractivity contribution in [2.75, 3.05) is 18.9 Å². The van der Waals surface area contributed by atoms with Crippen LogP contribution in [-0.2, 0) is 4.79 Å². The smallest absolute Gasteiger partial charge is 0.221 e. The molecule has 0 aliphatic carbocycles. The summed E-state index contributed by atoms with van der Waals surface area (Å²) in [5.74, 6) is 0.768. The van der Waals surface area contributed by atoms with Crippen LogP contribution < -0.4 is 10.6 Å². The van der Waals surface area contributed by atoms with Crippen molar-refractivity contribution in [2.45, 2.75) is 13.3 Å². The van der Waals surface area contributed by atoms with E-state index in [4.69, 9.17) is 0 Å². The Hall–Kier alpha value is -1.65. The van der Waals surface area contributed by atoms with Gasteiger partial charge in [-0.25, -0.2) is 9.97 Å². The lowest BCUT2D eigenvalue weighted by atomic mass is 10.4. The van der Waals surface area contributed by atoms with E-state index in [0.717, 1.165) is 11.5 Å². The van der Waals surface area contributed by atoms with Crippen LogP contribution in [0, 0.1) is 6.92 Å². The van der Waals surface area contributed by atoms with E-state index < -0.39 is 0 Å². The van der Waals surface area contributed by atoms with Crippen LogP contribution in [-0.4, -0.2) is 29.5 Å². The number of rotatable bonds is 4. The summed E-state index contributed by atoms with van der Waals surface area (Å²) in [5.41, 5.74) is 0.905. The van der Waals surface area contributed by atoms with Gasteiger partial charge in [0.15, 0.2) is 0 Å². The van der Waals surface area contributed by atoms with E-state index in [1.165, 1.54) is 6.33 Å². The molecule has 1 amide bonds. The molecule has 0 unspecified atom stereocenters. The average Bonchev–Trinajstić information content (AvgIpc) is 2.17. The second kappa shape index (κ2) is 5.16. The third-order valence-corrected chi connectivity index (χ3v) is 1.74. The van der Waals surface area contributed by atoms with E-state index in [1.807, 2.05) is 13.0 Å². The van der Waals surface area contributed by atoms with Crippen molar-refractivity contribution in [3.8, 4) is 0 Å². The third-order valence-electron chi connectivity index (χ3n) is 1.74. The summed E-state index contributed by atoms with van der Waals surface area (Å²) in [6, 6.07) is 1.84. The van der Waals surface area contributed by atoms with Gasteiger partial charge in [0, 0.05) is 31.8 Å². The van der Waals surface area contributed by atoms with Gasteiger partial charge in [-0.05, 0) is 6.92 Å². The molecule has 0 saturated carbocycles. The van der Waals surface area contributed by atoms with Crippen molar-refractivity contribution < 1.29 is 4.79 Å². The van der Waals surface area contributed by atoms with Gasteiger partial charge in [-0.15, -0.1) is 0 Å². The average molecular weight is 194 g/mol. The summed E-state index contributed by atoms with van der Waals surface area (Å²) in [4.78, 5) is 18.9. The number of nitrogens with zero attached hydrogens (tertiary/aromatic N) is 2. The molecule has 0 spiro atoms. The standard InChI is InChI=1S/C9H14N4O/c1-7-5-8(13-6-12-7)11-4-3-9(14)10-2/h5-6H,3-4H2,1-2H3,(H,10,14)(H,11,12,13). The Balaban J connectivity index is 2.35. The first kappa shape index (κ1) is 10.4. The molecular formula is C9H14N4O. The maximum atomic E-state index is 10.9. The molecule has 0 atom stereocenters. The topological polar surface area (TPSA) is 66.9 Å². The van der Waals surface area contributed by atoms with Crippen molar-refractivity contribution in [2.24, 2.45) is 0 Å². The number of nitrogens with one attached hydrogen (secondary N) is 2. The van der Waals surface area contributed by atoms with Gasteiger partial charge in [0.1, 0.15) is 12.1 Å². The zero-order chi connectivity index (χ0) is 10.4. The van der Waals surface area contributed by atoms with Crippen LogP contribution in [0.2, 0.25) is 0 Å². The van der Waals surface area contributed by atoms with Crippen LogP contribution >= 0.6 is 0 Å². The molecule has 0 radical (unpaired) electrons. The fourth-order valence-electron chi connectivity index (χ4n) is 0.980. The van der Waals surface area contributed by atoms with Crippen LogP contribution in [0.1, 0.15) is 12.1 Å².